The number of nitrogens with one attached hydrogen (secondary N) is 1. The number of fused-ring (bicyclic) bond motifs is 3. The third-order valence-corrected chi connectivity index (χ3v) is 11.5. The largest absolute Gasteiger partial charge is 0.390 e. The van der Waals surface area contributed by atoms with Gasteiger partial charge in [-0.05, 0) is 86.5 Å². The van der Waals surface area contributed by atoms with Gasteiger partial charge in [-0.25, -0.2) is 0 Å². The van der Waals surface area contributed by atoms with Gasteiger partial charge in [-0.3, -0.25) is 9.36 Å². The van der Waals surface area contributed by atoms with Gasteiger partial charge in [-0.15, -0.1) is 0 Å². The number of benzene rings is 2. The van der Waals surface area contributed by atoms with Crippen LogP contribution in [0.5, 0.6) is 0 Å². The van der Waals surface area contributed by atoms with E-state index in [2.05, 4.69) is 50.4 Å². The van der Waals surface area contributed by atoms with E-state index in [0.29, 0.717) is 44.6 Å². The average molecular weight is 628 g/mol. The predicted molar refractivity (Wildman–Crippen MR) is 177 cm³/mol. The Morgan fingerprint density at radius 1 is 0.955 bits per heavy atom. The molecule has 0 saturated heterocycles. The summed E-state index contributed by atoms with van der Waals surface area (Å²) in [7, 11) is -1.54. The quantitative estimate of drug-likeness (QED) is 0.128. The van der Waals surface area contributed by atoms with E-state index < -0.39 is 19.1 Å². The van der Waals surface area contributed by atoms with E-state index in [1.807, 2.05) is 24.3 Å². The summed E-state index contributed by atoms with van der Waals surface area (Å²) in [5.74, 6) is 0.399. The molecule has 0 bridgehead atoms. The van der Waals surface area contributed by atoms with Crippen LogP contribution in [0.4, 0.5) is 0 Å². The van der Waals surface area contributed by atoms with Crippen LogP contribution in [0.15, 0.2) is 48.5 Å². The zero-order valence-corrected chi connectivity index (χ0v) is 28.2. The fourth-order valence-corrected chi connectivity index (χ4v) is 8.84. The minimum atomic E-state index is -3.20. The fourth-order valence-electron chi connectivity index (χ4n) is 7.08. The second-order valence-corrected chi connectivity index (χ2v) is 15.0. The first-order valence-corrected chi connectivity index (χ1v) is 18.6. The van der Waals surface area contributed by atoms with Crippen molar-refractivity contribution >= 4 is 13.5 Å². The number of aliphatic hydroxyl groups is 1. The molecule has 2 aliphatic carbocycles. The molecule has 2 N–H and O–H groups in total. The SMILES string of the molecule is CCCCOP(=O)(CCCCC1(C(=O)NC(C)CC2CCC(O)C(OC)C2)c2ccccc2-c2ccccc21)OCCCC. The summed E-state index contributed by atoms with van der Waals surface area (Å²) >= 11 is 0. The number of aliphatic hydroxyl groups excluding tert-OH is 1. The van der Waals surface area contributed by atoms with Crippen LogP contribution in [0.1, 0.15) is 103 Å². The van der Waals surface area contributed by atoms with Crippen LogP contribution in [-0.2, 0) is 28.6 Å². The lowest BCUT2D eigenvalue weighted by Crippen LogP contribution is -2.48. The molecule has 8 heteroatoms. The van der Waals surface area contributed by atoms with Crippen LogP contribution in [0.25, 0.3) is 11.1 Å². The zero-order valence-electron chi connectivity index (χ0n) is 27.3. The molecular weight excluding hydrogens is 573 g/mol. The number of methoxy groups -OCH3 is 1. The molecule has 0 radical (unpaired) electrons. The number of hydrogen-bond donors (Lipinski definition) is 2. The number of ether oxygens (including phenoxy) is 1. The molecule has 0 heterocycles. The molecule has 0 aliphatic heterocycles. The van der Waals surface area contributed by atoms with E-state index in [1.165, 1.54) is 0 Å². The van der Waals surface area contributed by atoms with Crippen molar-refractivity contribution in [1.82, 2.24) is 5.32 Å². The van der Waals surface area contributed by atoms with Gasteiger partial charge in [0.1, 0.15) is 5.41 Å². The maximum atomic E-state index is 14.6. The Bertz CT molecular complexity index is 1190. The van der Waals surface area contributed by atoms with Crippen molar-refractivity contribution in [3.05, 3.63) is 59.7 Å². The van der Waals surface area contributed by atoms with Gasteiger partial charge < -0.3 is 24.2 Å². The summed E-state index contributed by atoms with van der Waals surface area (Å²) in [6.45, 7) is 7.14. The second kappa shape index (κ2) is 16.5. The molecule has 4 unspecified atom stereocenters. The van der Waals surface area contributed by atoms with Crippen molar-refractivity contribution in [3.63, 3.8) is 0 Å². The summed E-state index contributed by atoms with van der Waals surface area (Å²) in [5, 5.41) is 13.7. The van der Waals surface area contributed by atoms with Crippen LogP contribution in [-0.4, -0.2) is 55.7 Å². The van der Waals surface area contributed by atoms with Crippen molar-refractivity contribution in [3.8, 4) is 11.1 Å². The van der Waals surface area contributed by atoms with Gasteiger partial charge in [0.2, 0.25) is 5.91 Å². The number of rotatable bonds is 18. The van der Waals surface area contributed by atoms with E-state index in [-0.39, 0.29) is 18.1 Å². The molecule has 4 rings (SSSR count). The Morgan fingerprint density at radius 2 is 1.55 bits per heavy atom. The van der Waals surface area contributed by atoms with E-state index in [4.69, 9.17) is 13.8 Å². The molecule has 1 saturated carbocycles. The number of unbranched alkanes of at least 4 members (excludes halogenated alkanes) is 3. The molecular formula is C36H54NO6P. The molecule has 7 nitrogen and oxygen atoms in total. The number of hydrogen-bond acceptors (Lipinski definition) is 6. The molecule has 2 aromatic rings. The van der Waals surface area contributed by atoms with E-state index in [1.54, 1.807) is 7.11 Å². The van der Waals surface area contributed by atoms with Crippen molar-refractivity contribution in [2.45, 2.75) is 115 Å². The lowest BCUT2D eigenvalue weighted by atomic mass is 9.73. The van der Waals surface area contributed by atoms with Gasteiger partial charge in [-0.2, -0.15) is 0 Å². The summed E-state index contributed by atoms with van der Waals surface area (Å²) in [6, 6.07) is 16.5. The first-order chi connectivity index (χ1) is 21.3. The van der Waals surface area contributed by atoms with Gasteiger partial charge in [-0.1, -0.05) is 81.6 Å². The van der Waals surface area contributed by atoms with Crippen LogP contribution in [0, 0.1) is 5.92 Å². The summed E-state index contributed by atoms with van der Waals surface area (Å²) in [6.07, 6.45) is 8.68. The van der Waals surface area contributed by atoms with Gasteiger partial charge in [0, 0.05) is 13.2 Å². The topological polar surface area (TPSA) is 94.1 Å². The number of carbonyl (C=O) groups is 1. The highest BCUT2D eigenvalue weighted by atomic mass is 31.2. The summed E-state index contributed by atoms with van der Waals surface area (Å²) in [4.78, 5) is 14.6. The molecule has 0 aromatic heterocycles. The third-order valence-electron chi connectivity index (χ3n) is 9.49. The lowest BCUT2D eigenvalue weighted by molar-refractivity contribution is -0.126. The van der Waals surface area contributed by atoms with Gasteiger partial charge in [0.15, 0.2) is 0 Å². The van der Waals surface area contributed by atoms with Gasteiger partial charge in [0.25, 0.3) is 0 Å². The van der Waals surface area contributed by atoms with Crippen molar-refractivity contribution in [2.75, 3.05) is 26.5 Å². The maximum absolute atomic E-state index is 14.6. The Labute approximate surface area is 265 Å². The van der Waals surface area contributed by atoms with Crippen molar-refractivity contribution < 1.29 is 28.3 Å². The fraction of sp³-hybridized carbons (Fsp3) is 0.639. The monoisotopic (exact) mass is 627 g/mol. The van der Waals surface area contributed by atoms with Gasteiger partial charge >= 0.3 is 7.60 Å². The maximum Gasteiger partial charge on any atom is 0.330 e. The smallest absolute Gasteiger partial charge is 0.330 e. The minimum absolute atomic E-state index is 0.0168. The molecule has 2 aromatic carbocycles. The minimum Gasteiger partial charge on any atom is -0.390 e. The lowest BCUT2D eigenvalue weighted by Gasteiger charge is -2.35. The average Bonchev–Trinajstić information content (AvgIpc) is 3.31. The first kappa shape index (κ1) is 34.8. The van der Waals surface area contributed by atoms with Crippen LogP contribution >= 0.6 is 7.60 Å². The standard InChI is InChI=1S/C36H54NO6P/c1-5-7-22-42-44(40,43-23-8-6-2)24-14-13-21-36(31-17-11-9-15-29(31)30-16-10-12-18-32(30)36)35(39)37-27(3)25-28-19-20-33(38)34(26-28)41-4/h9-12,15-18,27-28,33-34,38H,5-8,13-14,19-26H2,1-4H3,(H,37,39). The number of amides is 1. The van der Waals surface area contributed by atoms with Crippen LogP contribution < -0.4 is 5.32 Å². The Kier molecular flexibility index (Phi) is 13.1. The summed E-state index contributed by atoms with van der Waals surface area (Å²) in [5.41, 5.74) is 3.44. The Morgan fingerprint density at radius 3 is 2.11 bits per heavy atom. The molecule has 244 valence electrons. The summed E-state index contributed by atoms with van der Waals surface area (Å²) < 4.78 is 30.9. The third kappa shape index (κ3) is 8.22. The van der Waals surface area contributed by atoms with Gasteiger partial charge in [0.05, 0.1) is 31.6 Å². The molecule has 1 amide bonds. The molecule has 0 spiro atoms. The normalized spacial score (nSPS) is 21.4. The van der Waals surface area contributed by atoms with E-state index in [0.717, 1.165) is 73.6 Å². The Balaban J connectivity index is 1.52. The Hall–Kier alpha value is -2.02. The molecule has 2 aliphatic rings. The highest BCUT2D eigenvalue weighted by molar-refractivity contribution is 7.53. The second-order valence-electron chi connectivity index (χ2n) is 12.8. The highest BCUT2D eigenvalue weighted by Gasteiger charge is 2.49. The molecule has 44 heavy (non-hydrogen) atoms. The van der Waals surface area contributed by atoms with Crippen molar-refractivity contribution in [2.24, 2.45) is 5.92 Å². The molecule has 4 atom stereocenters. The predicted octanol–water partition coefficient (Wildman–Crippen LogP) is 8.02. The van der Waals surface area contributed by atoms with E-state index >= 15 is 0 Å². The van der Waals surface area contributed by atoms with Crippen LogP contribution in [0.3, 0.4) is 0 Å². The zero-order chi connectivity index (χ0) is 31.6. The number of carbonyl (C=O) groups excluding carboxylic acids is 1. The highest BCUT2D eigenvalue weighted by Crippen LogP contribution is 2.53. The van der Waals surface area contributed by atoms with Crippen LogP contribution in [0.2, 0.25) is 0 Å². The van der Waals surface area contributed by atoms with Crippen molar-refractivity contribution in [1.29, 1.82) is 0 Å². The first-order valence-electron chi connectivity index (χ1n) is 16.9. The molecule has 1 fully saturated rings. The van der Waals surface area contributed by atoms with E-state index in [9.17, 15) is 14.5 Å².